The van der Waals surface area contributed by atoms with E-state index in [1.165, 1.54) is 161 Å². The summed E-state index contributed by atoms with van der Waals surface area (Å²) in [7, 11) is 1.50. The summed E-state index contributed by atoms with van der Waals surface area (Å²) in [5, 5.41) is 3.05. The second-order valence-electron chi connectivity index (χ2n) is 21.2. The van der Waals surface area contributed by atoms with Gasteiger partial charge in [-0.3, -0.25) is 18.6 Å². The Morgan fingerprint density at radius 3 is 1.28 bits per heavy atom. The third-order valence-corrected chi connectivity index (χ3v) is 14.0. The van der Waals surface area contributed by atoms with Crippen molar-refractivity contribution in [3.63, 3.8) is 0 Å². The number of phosphoric ester groups is 1. The van der Waals surface area contributed by atoms with Crippen LogP contribution in [0.4, 0.5) is 0 Å². The average molecular weight is 995 g/mol. The van der Waals surface area contributed by atoms with Gasteiger partial charge >= 0.3 is 13.8 Å². The Hall–Kier alpha value is -1.77. The van der Waals surface area contributed by atoms with Crippen molar-refractivity contribution in [2.24, 2.45) is 0 Å². The first-order valence-corrected chi connectivity index (χ1v) is 30.8. The molecule has 1 amide bonds. The number of phosphoric acid groups is 1. The van der Waals surface area contributed by atoms with E-state index in [0.717, 1.165) is 83.5 Å². The molecular weight excluding hydrogens is 880 g/mol. The van der Waals surface area contributed by atoms with E-state index < -0.39 is 20.0 Å². The molecule has 0 radical (unpaired) electrons. The van der Waals surface area contributed by atoms with Gasteiger partial charge in [0.25, 0.3) is 0 Å². The number of likely N-dealkylation sites (N-methyl/N-ethyl adjacent to an activating group) is 1. The summed E-state index contributed by atoms with van der Waals surface area (Å²) in [6, 6.07) is -0.847. The van der Waals surface area contributed by atoms with Crippen molar-refractivity contribution in [1.82, 2.24) is 5.32 Å². The number of carbonyl (C=O) groups is 2. The van der Waals surface area contributed by atoms with Crippen LogP contribution in [0.5, 0.6) is 0 Å². The maximum atomic E-state index is 13.5. The van der Waals surface area contributed by atoms with Crippen molar-refractivity contribution in [3.05, 3.63) is 36.5 Å². The number of unbranched alkanes of at least 4 members (excludes halogenated alkanes) is 33. The van der Waals surface area contributed by atoms with E-state index in [-0.39, 0.29) is 31.5 Å². The highest BCUT2D eigenvalue weighted by Gasteiger charge is 2.30. The van der Waals surface area contributed by atoms with Gasteiger partial charge in [-0.2, -0.15) is 0 Å². The van der Waals surface area contributed by atoms with E-state index in [1.54, 1.807) is 0 Å². The summed E-state index contributed by atoms with van der Waals surface area (Å²) in [6.45, 7) is 6.97. The number of quaternary nitrogens is 1. The van der Waals surface area contributed by atoms with Gasteiger partial charge in [0.1, 0.15) is 19.3 Å². The Balaban J connectivity index is 5.17. The second-order valence-corrected chi connectivity index (χ2v) is 22.6. The van der Waals surface area contributed by atoms with Gasteiger partial charge in [-0.15, -0.1) is 0 Å². The molecule has 3 atom stereocenters. The van der Waals surface area contributed by atoms with Crippen LogP contribution in [0.3, 0.4) is 0 Å². The van der Waals surface area contributed by atoms with Crippen LogP contribution in [-0.2, 0) is 27.9 Å². The molecule has 2 N–H and O–H groups in total. The molecule has 406 valence electrons. The Bertz CT molecular complexity index is 1280. The van der Waals surface area contributed by atoms with Crippen molar-refractivity contribution in [1.29, 1.82) is 0 Å². The number of nitrogens with zero attached hydrogens (tertiary/aromatic N) is 1. The first-order valence-electron chi connectivity index (χ1n) is 29.3. The Morgan fingerprint density at radius 1 is 0.493 bits per heavy atom. The predicted molar refractivity (Wildman–Crippen MR) is 296 cm³/mol. The molecule has 0 aliphatic heterocycles. The normalized spacial score (nSPS) is 14.0. The van der Waals surface area contributed by atoms with Gasteiger partial charge in [0, 0.05) is 12.8 Å². The number of allylic oxidation sites excluding steroid dienone is 5. The molecule has 0 aliphatic rings. The fourth-order valence-corrected chi connectivity index (χ4v) is 9.18. The van der Waals surface area contributed by atoms with E-state index in [1.807, 2.05) is 33.3 Å². The van der Waals surface area contributed by atoms with Crippen LogP contribution in [0.15, 0.2) is 36.5 Å². The van der Waals surface area contributed by atoms with E-state index >= 15 is 0 Å². The van der Waals surface area contributed by atoms with Crippen molar-refractivity contribution in [2.45, 2.75) is 290 Å². The molecule has 9 nitrogen and oxygen atoms in total. The number of rotatable bonds is 53. The summed E-state index contributed by atoms with van der Waals surface area (Å²) in [5.41, 5.74) is 0. The van der Waals surface area contributed by atoms with E-state index in [0.29, 0.717) is 17.4 Å². The van der Waals surface area contributed by atoms with Gasteiger partial charge in [0.15, 0.2) is 0 Å². The molecule has 0 fully saturated rings. The van der Waals surface area contributed by atoms with Crippen LogP contribution in [0.2, 0.25) is 0 Å². The third kappa shape index (κ3) is 51.0. The molecule has 10 heteroatoms. The van der Waals surface area contributed by atoms with Crippen molar-refractivity contribution in [3.8, 4) is 0 Å². The predicted octanol–water partition coefficient (Wildman–Crippen LogP) is 17.6. The summed E-state index contributed by atoms with van der Waals surface area (Å²) >= 11 is 0. The van der Waals surface area contributed by atoms with E-state index in [4.69, 9.17) is 13.8 Å². The number of hydrogen-bond donors (Lipinski definition) is 2. The van der Waals surface area contributed by atoms with Crippen molar-refractivity contribution < 1.29 is 37.3 Å². The average Bonchev–Trinajstić information content (AvgIpc) is 3.31. The van der Waals surface area contributed by atoms with Crippen LogP contribution in [0.1, 0.15) is 278 Å². The Kier molecular flexibility index (Phi) is 48.5. The fourth-order valence-electron chi connectivity index (χ4n) is 8.45. The molecule has 0 heterocycles. The Labute approximate surface area is 427 Å². The summed E-state index contributed by atoms with van der Waals surface area (Å²) in [6.07, 6.45) is 58.6. The van der Waals surface area contributed by atoms with Gasteiger partial charge < -0.3 is 19.4 Å². The number of hydrogen-bond acceptors (Lipinski definition) is 6. The zero-order valence-electron chi connectivity index (χ0n) is 46.3. The molecular formula is C59H114N2O7P+. The summed E-state index contributed by atoms with van der Waals surface area (Å²) in [4.78, 5) is 37.5. The van der Waals surface area contributed by atoms with Gasteiger partial charge in [-0.25, -0.2) is 4.57 Å². The number of nitrogens with one attached hydrogen (secondary N) is 1. The molecule has 0 saturated carbocycles. The molecule has 0 rings (SSSR count). The molecule has 3 unspecified atom stereocenters. The van der Waals surface area contributed by atoms with Crippen LogP contribution in [0, 0.1) is 0 Å². The molecule has 0 saturated heterocycles. The fraction of sp³-hybridized carbons (Fsp3) is 0.864. The van der Waals surface area contributed by atoms with E-state index in [9.17, 15) is 19.0 Å². The molecule has 69 heavy (non-hydrogen) atoms. The molecule has 0 aromatic rings. The standard InChI is InChI=1S/C59H113N2O7P/c1-7-10-13-16-19-22-25-26-27-28-29-30-31-32-33-34-37-39-42-45-48-51-58(62)60-56(55-67-69(64,65)66-54-53-61(4,5)6)57(50-47-44-41-38-35-23-20-17-14-11-8-2)68-59(63)52-49-46-43-40-36-24-21-18-15-12-9-3/h18,21,26-27,47,50,56-57H,7-17,19-20,22-25,28-46,48-49,51-55H2,1-6H3,(H-,60,62,64,65)/p+1/b21-18-,27-26+,50-47-. The highest BCUT2D eigenvalue weighted by atomic mass is 31.2. The van der Waals surface area contributed by atoms with Gasteiger partial charge in [-0.1, -0.05) is 225 Å². The SMILES string of the molecule is CCCC/C=C\CCCCCCCC(=O)OC(/C=C\CCCCCCCCCCC)C(COP(=O)(O)OCC[N+](C)(C)C)NC(=O)CCCCCCCCCCCCC/C=C/CCCCCCCC. The van der Waals surface area contributed by atoms with Crippen molar-refractivity contribution in [2.75, 3.05) is 40.9 Å². The largest absolute Gasteiger partial charge is 0.472 e. The minimum Gasteiger partial charge on any atom is -0.456 e. The van der Waals surface area contributed by atoms with Crippen molar-refractivity contribution >= 4 is 19.7 Å². The zero-order valence-corrected chi connectivity index (χ0v) is 47.2. The molecule has 0 bridgehead atoms. The second kappa shape index (κ2) is 49.8. The lowest BCUT2D eigenvalue weighted by molar-refractivity contribution is -0.870. The molecule has 0 spiro atoms. The maximum absolute atomic E-state index is 13.5. The topological polar surface area (TPSA) is 111 Å². The Morgan fingerprint density at radius 2 is 0.855 bits per heavy atom. The number of ether oxygens (including phenoxy) is 1. The number of esters is 1. The third-order valence-electron chi connectivity index (χ3n) is 13.1. The quantitative estimate of drug-likeness (QED) is 0.0205. The highest BCUT2D eigenvalue weighted by molar-refractivity contribution is 7.47. The smallest absolute Gasteiger partial charge is 0.456 e. The maximum Gasteiger partial charge on any atom is 0.472 e. The summed E-state index contributed by atoms with van der Waals surface area (Å²) in [5.74, 6) is -0.511. The van der Waals surface area contributed by atoms with Gasteiger partial charge in [0.05, 0.1) is 33.8 Å². The van der Waals surface area contributed by atoms with Crippen LogP contribution < -0.4 is 5.32 Å². The molecule has 0 aliphatic carbocycles. The molecule has 0 aromatic heterocycles. The van der Waals surface area contributed by atoms with Crippen LogP contribution >= 0.6 is 7.82 Å². The van der Waals surface area contributed by atoms with Crippen LogP contribution in [0.25, 0.3) is 0 Å². The van der Waals surface area contributed by atoms with Gasteiger partial charge in [-0.05, 0) is 76.7 Å². The molecule has 0 aromatic carbocycles. The highest BCUT2D eigenvalue weighted by Crippen LogP contribution is 2.43. The first kappa shape index (κ1) is 67.2. The lowest BCUT2D eigenvalue weighted by Crippen LogP contribution is -2.47. The minimum absolute atomic E-state index is 0.0402. The van der Waals surface area contributed by atoms with Gasteiger partial charge in [0.2, 0.25) is 5.91 Å². The lowest BCUT2D eigenvalue weighted by Gasteiger charge is -2.27. The first-order chi connectivity index (χ1) is 33.4. The van der Waals surface area contributed by atoms with Crippen LogP contribution in [-0.4, -0.2) is 74.3 Å². The number of amides is 1. The zero-order chi connectivity index (χ0) is 50.8. The summed E-state index contributed by atoms with van der Waals surface area (Å²) < 4.78 is 30.6. The lowest BCUT2D eigenvalue weighted by atomic mass is 10.0. The monoisotopic (exact) mass is 994 g/mol. The minimum atomic E-state index is -4.44. The van der Waals surface area contributed by atoms with E-state index in [2.05, 4.69) is 50.4 Å². The number of carbonyl (C=O) groups excluding carboxylic acids is 2.